The van der Waals surface area contributed by atoms with Crippen LogP contribution in [0.25, 0.3) is 0 Å². The number of halogens is 1. The Hall–Kier alpha value is -0.890. The smallest absolute Gasteiger partial charge is 0.127 e. The van der Waals surface area contributed by atoms with Gasteiger partial charge in [0.05, 0.1) is 0 Å². The van der Waals surface area contributed by atoms with Gasteiger partial charge in [0.15, 0.2) is 0 Å². The van der Waals surface area contributed by atoms with Crippen LogP contribution in [0.2, 0.25) is 0 Å². The van der Waals surface area contributed by atoms with Gasteiger partial charge in [-0.3, -0.25) is 4.90 Å². The monoisotopic (exact) mass is 207 g/mol. The van der Waals surface area contributed by atoms with E-state index in [0.29, 0.717) is 0 Å². The van der Waals surface area contributed by atoms with E-state index in [1.165, 1.54) is 11.1 Å². The third-order valence-corrected chi connectivity index (χ3v) is 3.18. The molecular weight excluding hydrogens is 189 g/mol. The Kier molecular flexibility index (Phi) is 2.79. The lowest BCUT2D eigenvalue weighted by Gasteiger charge is -2.09. The van der Waals surface area contributed by atoms with Crippen LogP contribution >= 0.6 is 0 Å². The van der Waals surface area contributed by atoms with E-state index in [2.05, 4.69) is 11.8 Å². The maximum absolute atomic E-state index is 13.7. The SMILES string of the molecule is CCN1Cc2cc(F)c(C(C)C)cc2C1. The molecule has 0 unspecified atom stereocenters. The molecule has 1 aliphatic rings. The summed E-state index contributed by atoms with van der Waals surface area (Å²) < 4.78 is 13.7. The topological polar surface area (TPSA) is 3.24 Å². The summed E-state index contributed by atoms with van der Waals surface area (Å²) in [6, 6.07) is 3.77. The molecule has 1 nitrogen and oxygen atoms in total. The van der Waals surface area contributed by atoms with Gasteiger partial charge in [0.2, 0.25) is 0 Å². The maximum atomic E-state index is 13.7. The van der Waals surface area contributed by atoms with Crippen molar-refractivity contribution in [2.75, 3.05) is 6.54 Å². The first-order valence-electron chi connectivity index (χ1n) is 5.65. The highest BCUT2D eigenvalue weighted by Crippen LogP contribution is 2.28. The fourth-order valence-electron chi connectivity index (χ4n) is 2.18. The van der Waals surface area contributed by atoms with Gasteiger partial charge in [-0.25, -0.2) is 4.39 Å². The summed E-state index contributed by atoms with van der Waals surface area (Å²) in [6.45, 7) is 9.14. The van der Waals surface area contributed by atoms with Gasteiger partial charge >= 0.3 is 0 Å². The molecule has 1 aliphatic heterocycles. The molecule has 2 heteroatoms. The minimum atomic E-state index is -0.0401. The average molecular weight is 207 g/mol. The van der Waals surface area contributed by atoms with Crippen molar-refractivity contribution in [3.8, 4) is 0 Å². The van der Waals surface area contributed by atoms with Crippen molar-refractivity contribution < 1.29 is 4.39 Å². The molecule has 0 radical (unpaired) electrons. The van der Waals surface area contributed by atoms with E-state index in [-0.39, 0.29) is 11.7 Å². The van der Waals surface area contributed by atoms with Gasteiger partial charge in [0.1, 0.15) is 5.82 Å². The summed E-state index contributed by atoms with van der Waals surface area (Å²) in [5, 5.41) is 0. The Bertz CT molecular complexity index is 371. The van der Waals surface area contributed by atoms with Crippen LogP contribution in [0, 0.1) is 5.82 Å². The van der Waals surface area contributed by atoms with Crippen LogP contribution in [0.1, 0.15) is 43.4 Å². The lowest BCUT2D eigenvalue weighted by Crippen LogP contribution is -2.14. The molecular formula is C13H18FN. The van der Waals surface area contributed by atoms with Gasteiger partial charge in [-0.2, -0.15) is 0 Å². The second-order valence-electron chi connectivity index (χ2n) is 4.60. The molecule has 0 aliphatic carbocycles. The molecule has 0 bridgehead atoms. The molecule has 0 amide bonds. The van der Waals surface area contributed by atoms with Crippen molar-refractivity contribution in [1.82, 2.24) is 4.90 Å². The second kappa shape index (κ2) is 3.93. The van der Waals surface area contributed by atoms with Crippen LogP contribution in [-0.4, -0.2) is 11.4 Å². The van der Waals surface area contributed by atoms with Gasteiger partial charge in [-0.05, 0) is 35.2 Å². The Morgan fingerprint density at radius 1 is 1.27 bits per heavy atom. The van der Waals surface area contributed by atoms with E-state index in [9.17, 15) is 4.39 Å². The van der Waals surface area contributed by atoms with Crippen molar-refractivity contribution in [3.63, 3.8) is 0 Å². The van der Waals surface area contributed by atoms with Gasteiger partial charge in [0.25, 0.3) is 0 Å². The molecule has 0 atom stereocenters. The summed E-state index contributed by atoms with van der Waals surface area (Å²) in [5.41, 5.74) is 3.33. The van der Waals surface area contributed by atoms with Gasteiger partial charge < -0.3 is 0 Å². The number of nitrogens with zero attached hydrogens (tertiary/aromatic N) is 1. The normalized spacial score (nSPS) is 16.1. The molecule has 0 saturated heterocycles. The third-order valence-electron chi connectivity index (χ3n) is 3.18. The Labute approximate surface area is 90.9 Å². The predicted octanol–water partition coefficient (Wildman–Crippen LogP) is 3.28. The first-order chi connectivity index (χ1) is 7.11. The van der Waals surface area contributed by atoms with Gasteiger partial charge in [0, 0.05) is 13.1 Å². The standard InChI is InChI=1S/C13H18FN/c1-4-15-7-10-5-12(9(2)3)13(14)6-11(10)8-15/h5-6,9H,4,7-8H2,1-3H3. The van der Waals surface area contributed by atoms with Gasteiger partial charge in [-0.15, -0.1) is 0 Å². The fraction of sp³-hybridized carbons (Fsp3) is 0.538. The lowest BCUT2D eigenvalue weighted by atomic mass is 9.98. The number of benzene rings is 1. The van der Waals surface area contributed by atoms with Crippen LogP contribution in [0.5, 0.6) is 0 Å². The van der Waals surface area contributed by atoms with E-state index in [4.69, 9.17) is 0 Å². The van der Waals surface area contributed by atoms with Crippen LogP contribution in [0.15, 0.2) is 12.1 Å². The van der Waals surface area contributed by atoms with E-state index >= 15 is 0 Å². The zero-order valence-electron chi connectivity index (χ0n) is 9.68. The van der Waals surface area contributed by atoms with E-state index in [1.807, 2.05) is 19.9 Å². The highest BCUT2D eigenvalue weighted by Gasteiger charge is 2.20. The Morgan fingerprint density at radius 3 is 2.40 bits per heavy atom. The summed E-state index contributed by atoms with van der Waals surface area (Å²) in [5.74, 6) is 0.229. The zero-order chi connectivity index (χ0) is 11.0. The Morgan fingerprint density at radius 2 is 1.87 bits per heavy atom. The summed E-state index contributed by atoms with van der Waals surface area (Å²) in [7, 11) is 0. The molecule has 0 spiro atoms. The highest BCUT2D eigenvalue weighted by atomic mass is 19.1. The predicted molar refractivity (Wildman–Crippen MR) is 60.3 cm³/mol. The maximum Gasteiger partial charge on any atom is 0.127 e. The van der Waals surface area contributed by atoms with E-state index < -0.39 is 0 Å². The van der Waals surface area contributed by atoms with Crippen LogP contribution in [0.3, 0.4) is 0 Å². The molecule has 1 aromatic carbocycles. The first kappa shape index (κ1) is 10.6. The quantitative estimate of drug-likeness (QED) is 0.719. The number of hydrogen-bond acceptors (Lipinski definition) is 1. The Balaban J connectivity index is 2.36. The molecule has 82 valence electrons. The molecule has 0 N–H and O–H groups in total. The minimum absolute atomic E-state index is 0.0401. The minimum Gasteiger partial charge on any atom is -0.295 e. The number of fused-ring (bicyclic) bond motifs is 1. The zero-order valence-corrected chi connectivity index (χ0v) is 9.68. The van der Waals surface area contributed by atoms with E-state index in [0.717, 1.165) is 25.2 Å². The number of rotatable bonds is 2. The molecule has 0 aromatic heterocycles. The lowest BCUT2D eigenvalue weighted by molar-refractivity contribution is 0.301. The molecule has 1 aromatic rings. The van der Waals surface area contributed by atoms with Crippen molar-refractivity contribution in [2.45, 2.75) is 39.8 Å². The summed E-state index contributed by atoms with van der Waals surface area (Å²) >= 11 is 0. The molecule has 1 heterocycles. The van der Waals surface area contributed by atoms with E-state index in [1.54, 1.807) is 6.07 Å². The average Bonchev–Trinajstić information content (AvgIpc) is 2.58. The largest absolute Gasteiger partial charge is 0.295 e. The fourth-order valence-corrected chi connectivity index (χ4v) is 2.18. The first-order valence-corrected chi connectivity index (χ1v) is 5.65. The molecule has 0 saturated carbocycles. The van der Waals surface area contributed by atoms with Crippen LogP contribution in [0.4, 0.5) is 4.39 Å². The van der Waals surface area contributed by atoms with Crippen LogP contribution in [-0.2, 0) is 13.1 Å². The number of hydrogen-bond donors (Lipinski definition) is 0. The van der Waals surface area contributed by atoms with Crippen molar-refractivity contribution in [3.05, 3.63) is 34.6 Å². The molecule has 2 rings (SSSR count). The molecule has 0 fully saturated rings. The third kappa shape index (κ3) is 1.91. The summed E-state index contributed by atoms with van der Waals surface area (Å²) in [6.07, 6.45) is 0. The second-order valence-corrected chi connectivity index (χ2v) is 4.60. The van der Waals surface area contributed by atoms with Crippen molar-refractivity contribution in [1.29, 1.82) is 0 Å². The van der Waals surface area contributed by atoms with Crippen molar-refractivity contribution in [2.24, 2.45) is 0 Å². The molecule has 15 heavy (non-hydrogen) atoms. The van der Waals surface area contributed by atoms with Crippen molar-refractivity contribution >= 4 is 0 Å². The van der Waals surface area contributed by atoms with Gasteiger partial charge in [-0.1, -0.05) is 26.8 Å². The highest BCUT2D eigenvalue weighted by molar-refractivity contribution is 5.37. The van der Waals surface area contributed by atoms with Crippen LogP contribution < -0.4 is 0 Å². The summed E-state index contributed by atoms with van der Waals surface area (Å²) in [4.78, 5) is 2.33.